The van der Waals surface area contributed by atoms with E-state index in [1.165, 1.54) is 24.1 Å². The van der Waals surface area contributed by atoms with E-state index in [-0.39, 0.29) is 0 Å². The molecule has 1 aliphatic carbocycles. The fourth-order valence-electron chi connectivity index (χ4n) is 2.63. The molecule has 3 nitrogen and oxygen atoms in total. The van der Waals surface area contributed by atoms with Crippen molar-refractivity contribution in [2.75, 3.05) is 0 Å². The molecule has 0 spiro atoms. The first-order valence-corrected chi connectivity index (χ1v) is 7.63. The summed E-state index contributed by atoms with van der Waals surface area (Å²) in [5, 5.41) is 6.22. The SMILES string of the molecule is Clc1ccc2nc(-n3ncc4c3CCCC4)sc2c1. The molecule has 0 saturated carbocycles. The van der Waals surface area contributed by atoms with Crippen LogP contribution in [0.1, 0.15) is 24.1 Å². The summed E-state index contributed by atoms with van der Waals surface area (Å²) in [6.07, 6.45) is 6.76. The van der Waals surface area contributed by atoms with Crippen LogP contribution in [0.15, 0.2) is 24.4 Å². The third-order valence-electron chi connectivity index (χ3n) is 3.59. The van der Waals surface area contributed by atoms with Crippen LogP contribution in [0.4, 0.5) is 0 Å². The molecular weight excluding hydrogens is 278 g/mol. The topological polar surface area (TPSA) is 30.7 Å². The van der Waals surface area contributed by atoms with Gasteiger partial charge in [-0.15, -0.1) is 0 Å². The summed E-state index contributed by atoms with van der Waals surface area (Å²) >= 11 is 7.67. The smallest absolute Gasteiger partial charge is 0.211 e. The van der Waals surface area contributed by atoms with E-state index in [9.17, 15) is 0 Å². The van der Waals surface area contributed by atoms with E-state index in [0.717, 1.165) is 33.2 Å². The van der Waals surface area contributed by atoms with E-state index >= 15 is 0 Å². The van der Waals surface area contributed by atoms with Crippen molar-refractivity contribution in [1.29, 1.82) is 0 Å². The first-order valence-electron chi connectivity index (χ1n) is 6.43. The van der Waals surface area contributed by atoms with Crippen LogP contribution in [0.25, 0.3) is 15.3 Å². The number of nitrogens with zero attached hydrogens (tertiary/aromatic N) is 3. The van der Waals surface area contributed by atoms with Gasteiger partial charge in [0.15, 0.2) is 0 Å². The lowest BCUT2D eigenvalue weighted by atomic mass is 9.98. The second kappa shape index (κ2) is 4.32. The van der Waals surface area contributed by atoms with Crippen LogP contribution in [-0.4, -0.2) is 14.8 Å². The van der Waals surface area contributed by atoms with Crippen LogP contribution in [0.3, 0.4) is 0 Å². The standard InChI is InChI=1S/C14H12ClN3S/c15-10-5-6-11-13(7-10)19-14(17-11)18-12-4-2-1-3-9(12)8-16-18/h5-8H,1-4H2. The van der Waals surface area contributed by atoms with Crippen LogP contribution in [0.2, 0.25) is 5.02 Å². The Morgan fingerprint density at radius 1 is 1.21 bits per heavy atom. The number of benzene rings is 1. The zero-order chi connectivity index (χ0) is 12.8. The van der Waals surface area contributed by atoms with E-state index in [0.29, 0.717) is 0 Å². The van der Waals surface area contributed by atoms with E-state index in [1.54, 1.807) is 11.3 Å². The van der Waals surface area contributed by atoms with E-state index in [2.05, 4.69) is 10.1 Å². The molecule has 0 aliphatic heterocycles. The van der Waals surface area contributed by atoms with Gasteiger partial charge in [0.2, 0.25) is 5.13 Å². The average Bonchev–Trinajstić information content (AvgIpc) is 3.00. The Kier molecular flexibility index (Phi) is 2.60. The third kappa shape index (κ3) is 1.86. The highest BCUT2D eigenvalue weighted by Gasteiger charge is 2.18. The normalized spacial score (nSPS) is 14.8. The number of fused-ring (bicyclic) bond motifs is 2. The van der Waals surface area contributed by atoms with E-state index in [1.807, 2.05) is 29.1 Å². The van der Waals surface area contributed by atoms with Crippen molar-refractivity contribution in [2.45, 2.75) is 25.7 Å². The maximum absolute atomic E-state index is 6.02. The Balaban J connectivity index is 1.88. The molecule has 0 atom stereocenters. The second-order valence-electron chi connectivity index (χ2n) is 4.84. The molecule has 1 aromatic carbocycles. The molecule has 96 valence electrons. The molecule has 2 aromatic heterocycles. The summed E-state index contributed by atoms with van der Waals surface area (Å²) in [7, 11) is 0. The van der Waals surface area contributed by atoms with Crippen LogP contribution in [0, 0.1) is 0 Å². The predicted octanol–water partition coefficient (Wildman–Crippen LogP) is 4.01. The van der Waals surface area contributed by atoms with Crippen LogP contribution < -0.4 is 0 Å². The zero-order valence-electron chi connectivity index (χ0n) is 10.3. The van der Waals surface area contributed by atoms with Crippen LogP contribution in [0.5, 0.6) is 0 Å². The van der Waals surface area contributed by atoms with Crippen molar-refractivity contribution >= 4 is 33.2 Å². The third-order valence-corrected chi connectivity index (χ3v) is 4.81. The number of halogens is 1. The number of aromatic nitrogens is 3. The fraction of sp³-hybridized carbons (Fsp3) is 0.286. The molecule has 5 heteroatoms. The number of aryl methyl sites for hydroxylation is 1. The molecule has 0 bridgehead atoms. The maximum atomic E-state index is 6.02. The summed E-state index contributed by atoms with van der Waals surface area (Å²) in [5.74, 6) is 0. The molecule has 0 radical (unpaired) electrons. The van der Waals surface area contributed by atoms with Crippen molar-refractivity contribution in [3.05, 3.63) is 40.7 Å². The van der Waals surface area contributed by atoms with E-state index in [4.69, 9.17) is 11.6 Å². The summed E-state index contributed by atoms with van der Waals surface area (Å²) in [4.78, 5) is 4.66. The van der Waals surface area contributed by atoms with Gasteiger partial charge in [-0.2, -0.15) is 5.10 Å². The molecule has 0 fully saturated rings. The molecule has 3 aromatic rings. The van der Waals surface area contributed by atoms with Gasteiger partial charge in [0, 0.05) is 5.02 Å². The Hall–Kier alpha value is -1.39. The molecule has 19 heavy (non-hydrogen) atoms. The summed E-state index contributed by atoms with van der Waals surface area (Å²) < 4.78 is 3.12. The quantitative estimate of drug-likeness (QED) is 0.677. The summed E-state index contributed by atoms with van der Waals surface area (Å²) in [6.45, 7) is 0. The highest BCUT2D eigenvalue weighted by Crippen LogP contribution is 2.30. The molecule has 2 heterocycles. The van der Waals surface area contributed by atoms with Gasteiger partial charge in [0.05, 0.1) is 22.1 Å². The Morgan fingerprint density at radius 3 is 3.05 bits per heavy atom. The Morgan fingerprint density at radius 2 is 2.11 bits per heavy atom. The minimum atomic E-state index is 0.755. The summed E-state index contributed by atoms with van der Waals surface area (Å²) in [6, 6.07) is 5.81. The second-order valence-corrected chi connectivity index (χ2v) is 6.29. The van der Waals surface area contributed by atoms with Crippen molar-refractivity contribution in [2.24, 2.45) is 0 Å². The van der Waals surface area contributed by atoms with Gasteiger partial charge < -0.3 is 0 Å². The highest BCUT2D eigenvalue weighted by atomic mass is 35.5. The minimum Gasteiger partial charge on any atom is -0.218 e. The molecule has 4 rings (SSSR count). The molecule has 1 aliphatic rings. The first kappa shape index (κ1) is 11.4. The maximum Gasteiger partial charge on any atom is 0.211 e. The van der Waals surface area contributed by atoms with Gasteiger partial charge in [0.1, 0.15) is 0 Å². The van der Waals surface area contributed by atoms with Crippen molar-refractivity contribution in [3.8, 4) is 5.13 Å². The van der Waals surface area contributed by atoms with Crippen LogP contribution >= 0.6 is 22.9 Å². The average molecular weight is 290 g/mol. The minimum absolute atomic E-state index is 0.755. The molecular formula is C14H12ClN3S. The highest BCUT2D eigenvalue weighted by molar-refractivity contribution is 7.20. The fourth-order valence-corrected chi connectivity index (χ4v) is 3.86. The predicted molar refractivity (Wildman–Crippen MR) is 78.4 cm³/mol. The number of hydrogen-bond acceptors (Lipinski definition) is 3. The van der Waals surface area contributed by atoms with Gasteiger partial charge in [-0.3, -0.25) is 0 Å². The zero-order valence-corrected chi connectivity index (χ0v) is 11.8. The van der Waals surface area contributed by atoms with Crippen molar-refractivity contribution < 1.29 is 0 Å². The summed E-state index contributed by atoms with van der Waals surface area (Å²) in [5.41, 5.74) is 3.70. The lowest BCUT2D eigenvalue weighted by Crippen LogP contribution is -2.07. The molecule has 0 unspecified atom stereocenters. The largest absolute Gasteiger partial charge is 0.218 e. The first-order chi connectivity index (χ1) is 9.31. The number of thiazole rings is 1. The van der Waals surface area contributed by atoms with E-state index < -0.39 is 0 Å². The molecule has 0 N–H and O–H groups in total. The Labute approximate surface area is 119 Å². The lowest BCUT2D eigenvalue weighted by Gasteiger charge is -2.11. The lowest BCUT2D eigenvalue weighted by molar-refractivity contribution is 0.652. The van der Waals surface area contributed by atoms with Gasteiger partial charge in [-0.1, -0.05) is 22.9 Å². The number of rotatable bonds is 1. The van der Waals surface area contributed by atoms with Crippen LogP contribution in [-0.2, 0) is 12.8 Å². The molecule has 0 amide bonds. The monoisotopic (exact) mass is 289 g/mol. The van der Waals surface area contributed by atoms with Gasteiger partial charge in [-0.25, -0.2) is 9.67 Å². The van der Waals surface area contributed by atoms with Gasteiger partial charge >= 0.3 is 0 Å². The van der Waals surface area contributed by atoms with Crippen molar-refractivity contribution in [3.63, 3.8) is 0 Å². The van der Waals surface area contributed by atoms with Crippen molar-refractivity contribution in [1.82, 2.24) is 14.8 Å². The molecule has 0 saturated heterocycles. The van der Waals surface area contributed by atoms with Gasteiger partial charge in [0.25, 0.3) is 0 Å². The van der Waals surface area contributed by atoms with Gasteiger partial charge in [-0.05, 0) is 49.4 Å². The number of hydrogen-bond donors (Lipinski definition) is 0. The Bertz CT molecular complexity index is 759.